The Bertz CT molecular complexity index is 1130. The van der Waals surface area contributed by atoms with E-state index in [0.717, 1.165) is 18.7 Å². The van der Waals surface area contributed by atoms with Crippen LogP contribution in [0.1, 0.15) is 5.56 Å². The van der Waals surface area contributed by atoms with Crippen molar-refractivity contribution in [2.24, 2.45) is 0 Å². The summed E-state index contributed by atoms with van der Waals surface area (Å²) in [4.78, 5) is 11.4. The van der Waals surface area contributed by atoms with Crippen LogP contribution in [0.15, 0.2) is 53.4 Å². The van der Waals surface area contributed by atoms with Gasteiger partial charge in [0.1, 0.15) is 6.61 Å². The van der Waals surface area contributed by atoms with Gasteiger partial charge < -0.3 is 9.47 Å². The molecular formula is C21H24N4O4S. The molecule has 0 amide bonds. The molecule has 1 fully saturated rings. The van der Waals surface area contributed by atoms with Gasteiger partial charge in [-0.25, -0.2) is 18.4 Å². The lowest BCUT2D eigenvalue weighted by Gasteiger charge is -2.26. The van der Waals surface area contributed by atoms with Crippen molar-refractivity contribution in [3.05, 3.63) is 54.1 Å². The molecule has 0 atom stereocenters. The highest BCUT2D eigenvalue weighted by Gasteiger charge is 2.20. The van der Waals surface area contributed by atoms with Crippen LogP contribution in [0.5, 0.6) is 5.88 Å². The number of hydrogen-bond donors (Lipinski definition) is 1. The third-order valence-electron chi connectivity index (χ3n) is 4.82. The number of fused-ring (bicyclic) bond motifs is 1. The Balaban J connectivity index is 1.59. The third-order valence-corrected chi connectivity index (χ3v) is 6.16. The van der Waals surface area contributed by atoms with Crippen molar-refractivity contribution < 1.29 is 17.9 Å². The molecule has 1 aromatic heterocycles. The van der Waals surface area contributed by atoms with Crippen molar-refractivity contribution in [2.75, 3.05) is 44.2 Å². The summed E-state index contributed by atoms with van der Waals surface area (Å²) in [5.41, 5.74) is 2.07. The number of nitrogens with one attached hydrogen (secondary N) is 1. The average Bonchev–Trinajstić information content (AvgIpc) is 2.74. The summed E-state index contributed by atoms with van der Waals surface area (Å²) < 4.78 is 39.6. The molecule has 4 rings (SSSR count). The van der Waals surface area contributed by atoms with Crippen molar-refractivity contribution >= 4 is 26.9 Å². The Morgan fingerprint density at radius 2 is 1.80 bits per heavy atom. The number of nitrogens with zero attached hydrogens (tertiary/aromatic N) is 3. The average molecular weight is 429 g/mol. The zero-order chi connectivity index (χ0) is 21.0. The number of anilines is 1. The van der Waals surface area contributed by atoms with Gasteiger partial charge in [0, 0.05) is 19.6 Å². The first-order valence-corrected chi connectivity index (χ1v) is 11.3. The molecule has 1 N–H and O–H groups in total. The molecule has 2 heterocycles. The third kappa shape index (κ3) is 4.86. The smallest absolute Gasteiger partial charge is 0.263 e. The van der Waals surface area contributed by atoms with E-state index in [1.165, 1.54) is 0 Å². The first-order valence-electron chi connectivity index (χ1n) is 9.80. The van der Waals surface area contributed by atoms with Gasteiger partial charge in [0.2, 0.25) is 5.82 Å². The Labute approximate surface area is 175 Å². The molecule has 9 heteroatoms. The van der Waals surface area contributed by atoms with E-state index in [1.807, 2.05) is 31.2 Å². The largest absolute Gasteiger partial charge is 0.474 e. The predicted octanol–water partition coefficient (Wildman–Crippen LogP) is 2.45. The molecule has 0 saturated carbocycles. The Morgan fingerprint density at radius 3 is 2.53 bits per heavy atom. The van der Waals surface area contributed by atoms with Gasteiger partial charge in [-0.2, -0.15) is 0 Å². The van der Waals surface area contributed by atoms with Crippen LogP contribution in [0.25, 0.3) is 11.0 Å². The van der Waals surface area contributed by atoms with Crippen LogP contribution in [-0.2, 0) is 14.8 Å². The summed E-state index contributed by atoms with van der Waals surface area (Å²) in [6.45, 7) is 6.01. The fourth-order valence-electron chi connectivity index (χ4n) is 3.22. The molecule has 8 nitrogen and oxygen atoms in total. The number of hydrogen-bond acceptors (Lipinski definition) is 7. The number of aryl methyl sites for hydroxylation is 1. The lowest BCUT2D eigenvalue weighted by molar-refractivity contribution is 0.0320. The van der Waals surface area contributed by atoms with Crippen molar-refractivity contribution in [1.29, 1.82) is 0 Å². The van der Waals surface area contributed by atoms with Gasteiger partial charge in [-0.3, -0.25) is 9.62 Å². The van der Waals surface area contributed by atoms with Crippen LogP contribution < -0.4 is 9.46 Å². The van der Waals surface area contributed by atoms with Gasteiger partial charge in [-0.05, 0) is 36.8 Å². The van der Waals surface area contributed by atoms with E-state index in [0.29, 0.717) is 37.4 Å². The van der Waals surface area contributed by atoms with Crippen molar-refractivity contribution in [1.82, 2.24) is 14.9 Å². The number of ether oxygens (including phenoxy) is 2. The van der Waals surface area contributed by atoms with Gasteiger partial charge in [0.25, 0.3) is 15.9 Å². The highest BCUT2D eigenvalue weighted by molar-refractivity contribution is 7.92. The van der Waals surface area contributed by atoms with E-state index in [1.54, 1.807) is 24.3 Å². The first-order chi connectivity index (χ1) is 14.5. The molecule has 1 aliphatic rings. The van der Waals surface area contributed by atoms with E-state index in [9.17, 15) is 8.42 Å². The summed E-state index contributed by atoms with van der Waals surface area (Å²) in [7, 11) is -3.83. The summed E-state index contributed by atoms with van der Waals surface area (Å²) in [6, 6.07) is 14.0. The van der Waals surface area contributed by atoms with Crippen LogP contribution in [0.3, 0.4) is 0 Å². The minimum absolute atomic E-state index is 0.0807. The quantitative estimate of drug-likeness (QED) is 0.618. The molecule has 0 radical (unpaired) electrons. The summed E-state index contributed by atoms with van der Waals surface area (Å²) in [5.74, 6) is 0.246. The second-order valence-corrected chi connectivity index (χ2v) is 8.77. The summed E-state index contributed by atoms with van der Waals surface area (Å²) in [6.07, 6.45) is 0. The molecule has 0 spiro atoms. The maximum atomic E-state index is 12.9. The standard InChI is InChI=1S/C21H24N4O4S/c1-16-5-4-6-17(15-16)30(26,27)24-20-21(23-19-8-3-2-7-18(19)22-20)29-14-11-25-9-12-28-13-10-25/h2-8,15H,9-14H2,1H3,(H,22,24). The topological polar surface area (TPSA) is 93.7 Å². The molecule has 2 aromatic carbocycles. The summed E-state index contributed by atoms with van der Waals surface area (Å²) >= 11 is 0. The number of benzene rings is 2. The fraction of sp³-hybridized carbons (Fsp3) is 0.333. The SMILES string of the molecule is Cc1cccc(S(=O)(=O)Nc2nc3ccccc3nc2OCCN2CCOCC2)c1. The molecule has 1 saturated heterocycles. The van der Waals surface area contributed by atoms with Crippen molar-refractivity contribution in [2.45, 2.75) is 11.8 Å². The van der Waals surface area contributed by atoms with Gasteiger partial charge in [-0.1, -0.05) is 24.3 Å². The molecule has 30 heavy (non-hydrogen) atoms. The van der Waals surface area contributed by atoms with Crippen LogP contribution in [0.4, 0.5) is 5.82 Å². The normalized spacial score (nSPS) is 15.2. The number of morpholine rings is 1. The van der Waals surface area contributed by atoms with Gasteiger partial charge in [-0.15, -0.1) is 0 Å². The van der Waals surface area contributed by atoms with Crippen molar-refractivity contribution in [3.8, 4) is 5.88 Å². The number of aromatic nitrogens is 2. The van der Waals surface area contributed by atoms with Gasteiger partial charge >= 0.3 is 0 Å². The van der Waals surface area contributed by atoms with Crippen LogP contribution in [0.2, 0.25) is 0 Å². The Hall–Kier alpha value is -2.75. The van der Waals surface area contributed by atoms with Crippen LogP contribution in [0, 0.1) is 6.92 Å². The minimum Gasteiger partial charge on any atom is -0.474 e. The number of sulfonamides is 1. The zero-order valence-corrected chi connectivity index (χ0v) is 17.6. The lowest BCUT2D eigenvalue weighted by Crippen LogP contribution is -2.38. The van der Waals surface area contributed by atoms with Gasteiger partial charge in [0.15, 0.2) is 0 Å². The molecular weight excluding hydrogens is 404 g/mol. The zero-order valence-electron chi connectivity index (χ0n) is 16.7. The van der Waals surface area contributed by atoms with Crippen molar-refractivity contribution in [3.63, 3.8) is 0 Å². The second kappa shape index (κ2) is 8.95. The highest BCUT2D eigenvalue weighted by atomic mass is 32.2. The maximum Gasteiger partial charge on any atom is 0.263 e. The molecule has 3 aromatic rings. The first kappa shape index (κ1) is 20.5. The van der Waals surface area contributed by atoms with E-state index in [4.69, 9.17) is 9.47 Å². The fourth-order valence-corrected chi connectivity index (χ4v) is 4.32. The van der Waals surface area contributed by atoms with E-state index in [2.05, 4.69) is 19.6 Å². The van der Waals surface area contributed by atoms with Gasteiger partial charge in [0.05, 0.1) is 29.1 Å². The predicted molar refractivity (Wildman–Crippen MR) is 114 cm³/mol. The molecule has 158 valence electrons. The number of rotatable bonds is 7. The minimum atomic E-state index is -3.83. The Kier molecular flexibility index (Phi) is 6.12. The molecule has 0 bridgehead atoms. The highest BCUT2D eigenvalue weighted by Crippen LogP contribution is 2.26. The molecule has 1 aliphatic heterocycles. The number of para-hydroxylation sites is 2. The lowest BCUT2D eigenvalue weighted by atomic mass is 10.2. The second-order valence-electron chi connectivity index (χ2n) is 7.09. The molecule has 0 aliphatic carbocycles. The summed E-state index contributed by atoms with van der Waals surface area (Å²) in [5, 5.41) is 0. The maximum absolute atomic E-state index is 12.9. The van der Waals surface area contributed by atoms with E-state index < -0.39 is 10.0 Å². The van der Waals surface area contributed by atoms with Crippen LogP contribution >= 0.6 is 0 Å². The van der Waals surface area contributed by atoms with E-state index >= 15 is 0 Å². The van der Waals surface area contributed by atoms with E-state index in [-0.39, 0.29) is 16.6 Å². The van der Waals surface area contributed by atoms with Crippen LogP contribution in [-0.4, -0.2) is 62.7 Å². The molecule has 0 unspecified atom stereocenters. The monoisotopic (exact) mass is 428 g/mol. The Morgan fingerprint density at radius 1 is 1.07 bits per heavy atom.